The molecule has 0 saturated heterocycles. The standard InChI is InChI=1S/C18H15N5/c19-9-4-10-21-17-13-16(14-7-11-20-12-8-14)22-18(23-17)15-5-2-1-3-6-15/h1-3,5-8,11-13H,4,10H2,(H,21,22,23). The van der Waals surface area contributed by atoms with E-state index < -0.39 is 0 Å². The van der Waals surface area contributed by atoms with Crippen LogP contribution >= 0.6 is 0 Å². The van der Waals surface area contributed by atoms with E-state index in [1.807, 2.05) is 48.5 Å². The molecule has 3 aromatic rings. The Hall–Kier alpha value is -3.26. The first-order chi connectivity index (χ1) is 11.4. The summed E-state index contributed by atoms with van der Waals surface area (Å²) in [7, 11) is 0. The molecule has 0 aliphatic heterocycles. The van der Waals surface area contributed by atoms with Crippen molar-refractivity contribution in [3.63, 3.8) is 0 Å². The fourth-order valence-corrected chi connectivity index (χ4v) is 2.17. The van der Waals surface area contributed by atoms with Crippen LogP contribution in [0.25, 0.3) is 22.6 Å². The lowest BCUT2D eigenvalue weighted by molar-refractivity contribution is 1.05. The molecule has 1 N–H and O–H groups in total. The minimum absolute atomic E-state index is 0.426. The number of anilines is 1. The molecule has 0 unspecified atom stereocenters. The summed E-state index contributed by atoms with van der Waals surface area (Å²) in [5, 5.41) is 11.9. The summed E-state index contributed by atoms with van der Waals surface area (Å²) in [6.07, 6.45) is 3.90. The SMILES string of the molecule is N#CCCNc1cc(-c2ccncc2)nc(-c2ccccc2)n1. The smallest absolute Gasteiger partial charge is 0.162 e. The summed E-state index contributed by atoms with van der Waals surface area (Å²) in [5.41, 5.74) is 2.75. The van der Waals surface area contributed by atoms with Crippen LogP contribution < -0.4 is 5.32 Å². The topological polar surface area (TPSA) is 74.5 Å². The van der Waals surface area contributed by atoms with Gasteiger partial charge in [0.05, 0.1) is 18.2 Å². The molecule has 0 bridgehead atoms. The third kappa shape index (κ3) is 3.69. The number of rotatable bonds is 5. The highest BCUT2D eigenvalue weighted by Crippen LogP contribution is 2.23. The Morgan fingerprint density at radius 1 is 0.957 bits per heavy atom. The zero-order valence-electron chi connectivity index (χ0n) is 12.5. The Balaban J connectivity index is 2.02. The summed E-state index contributed by atoms with van der Waals surface area (Å²) >= 11 is 0. The first kappa shape index (κ1) is 14.7. The van der Waals surface area contributed by atoms with E-state index in [2.05, 4.69) is 26.3 Å². The van der Waals surface area contributed by atoms with E-state index >= 15 is 0 Å². The lowest BCUT2D eigenvalue weighted by Crippen LogP contribution is -2.05. The van der Waals surface area contributed by atoms with Gasteiger partial charge < -0.3 is 5.32 Å². The van der Waals surface area contributed by atoms with Gasteiger partial charge in [-0.2, -0.15) is 5.26 Å². The second-order valence-corrected chi connectivity index (χ2v) is 4.90. The van der Waals surface area contributed by atoms with Gasteiger partial charge in [-0.15, -0.1) is 0 Å². The molecule has 23 heavy (non-hydrogen) atoms. The third-order valence-electron chi connectivity index (χ3n) is 3.28. The number of pyridine rings is 1. The predicted octanol–water partition coefficient (Wildman–Crippen LogP) is 3.53. The second-order valence-electron chi connectivity index (χ2n) is 4.90. The van der Waals surface area contributed by atoms with Crippen molar-refractivity contribution in [2.75, 3.05) is 11.9 Å². The first-order valence-corrected chi connectivity index (χ1v) is 7.32. The molecule has 2 heterocycles. The monoisotopic (exact) mass is 301 g/mol. The van der Waals surface area contributed by atoms with Crippen LogP contribution in [0, 0.1) is 11.3 Å². The molecule has 0 radical (unpaired) electrons. The maximum atomic E-state index is 8.68. The van der Waals surface area contributed by atoms with Crippen LogP contribution in [0.5, 0.6) is 0 Å². The molecule has 0 aliphatic carbocycles. The molecule has 0 amide bonds. The van der Waals surface area contributed by atoms with Crippen LogP contribution in [0.4, 0.5) is 5.82 Å². The average Bonchev–Trinajstić information content (AvgIpc) is 2.63. The zero-order chi connectivity index (χ0) is 15.9. The minimum Gasteiger partial charge on any atom is -0.369 e. The molecule has 0 saturated carbocycles. The van der Waals surface area contributed by atoms with Gasteiger partial charge in [0.2, 0.25) is 0 Å². The van der Waals surface area contributed by atoms with E-state index in [1.165, 1.54) is 0 Å². The zero-order valence-corrected chi connectivity index (χ0v) is 12.5. The third-order valence-corrected chi connectivity index (χ3v) is 3.28. The fourth-order valence-electron chi connectivity index (χ4n) is 2.17. The lowest BCUT2D eigenvalue weighted by atomic mass is 10.1. The van der Waals surface area contributed by atoms with E-state index in [9.17, 15) is 0 Å². The van der Waals surface area contributed by atoms with Gasteiger partial charge in [0.15, 0.2) is 5.82 Å². The van der Waals surface area contributed by atoms with E-state index in [0.29, 0.717) is 24.6 Å². The van der Waals surface area contributed by atoms with Crippen molar-refractivity contribution in [1.29, 1.82) is 5.26 Å². The molecule has 3 rings (SSSR count). The van der Waals surface area contributed by atoms with Crippen LogP contribution in [0.3, 0.4) is 0 Å². The lowest BCUT2D eigenvalue weighted by Gasteiger charge is -2.09. The summed E-state index contributed by atoms with van der Waals surface area (Å²) in [5.74, 6) is 1.36. The fraction of sp³-hybridized carbons (Fsp3) is 0.111. The van der Waals surface area contributed by atoms with Crippen molar-refractivity contribution in [2.24, 2.45) is 0 Å². The number of nitrogens with one attached hydrogen (secondary N) is 1. The molecule has 0 atom stereocenters. The van der Waals surface area contributed by atoms with E-state index in [-0.39, 0.29) is 0 Å². The molecule has 112 valence electrons. The predicted molar refractivity (Wildman–Crippen MR) is 89.4 cm³/mol. The molecular formula is C18H15N5. The maximum Gasteiger partial charge on any atom is 0.162 e. The first-order valence-electron chi connectivity index (χ1n) is 7.32. The maximum absolute atomic E-state index is 8.68. The van der Waals surface area contributed by atoms with Crippen molar-refractivity contribution >= 4 is 5.82 Å². The van der Waals surface area contributed by atoms with Gasteiger partial charge in [-0.3, -0.25) is 4.98 Å². The Morgan fingerprint density at radius 2 is 1.74 bits per heavy atom. The van der Waals surface area contributed by atoms with E-state index in [1.54, 1.807) is 12.4 Å². The summed E-state index contributed by atoms with van der Waals surface area (Å²) < 4.78 is 0. The summed E-state index contributed by atoms with van der Waals surface area (Å²) in [4.78, 5) is 13.3. The molecule has 1 aromatic carbocycles. The molecule has 2 aromatic heterocycles. The van der Waals surface area contributed by atoms with Gasteiger partial charge in [0, 0.05) is 36.1 Å². The Labute approximate surface area is 134 Å². The Kier molecular flexibility index (Phi) is 4.55. The van der Waals surface area contributed by atoms with Crippen LogP contribution in [0.15, 0.2) is 60.9 Å². The normalized spacial score (nSPS) is 10.0. The number of hydrogen-bond acceptors (Lipinski definition) is 5. The second kappa shape index (κ2) is 7.14. The summed E-state index contributed by atoms with van der Waals surface area (Å²) in [6, 6.07) is 17.7. The molecule has 5 heteroatoms. The highest BCUT2D eigenvalue weighted by Gasteiger charge is 2.08. The molecule has 5 nitrogen and oxygen atoms in total. The van der Waals surface area contributed by atoms with Crippen molar-refractivity contribution in [3.05, 3.63) is 60.9 Å². The quantitative estimate of drug-likeness (QED) is 0.730. The van der Waals surface area contributed by atoms with Crippen molar-refractivity contribution in [1.82, 2.24) is 15.0 Å². The van der Waals surface area contributed by atoms with Crippen LogP contribution in [-0.4, -0.2) is 21.5 Å². The Morgan fingerprint density at radius 3 is 2.48 bits per heavy atom. The van der Waals surface area contributed by atoms with Gasteiger partial charge in [-0.05, 0) is 12.1 Å². The number of aromatic nitrogens is 3. The van der Waals surface area contributed by atoms with Gasteiger partial charge >= 0.3 is 0 Å². The van der Waals surface area contributed by atoms with Gasteiger partial charge in [0.1, 0.15) is 5.82 Å². The summed E-state index contributed by atoms with van der Waals surface area (Å²) in [6.45, 7) is 0.553. The molecule has 0 spiro atoms. The highest BCUT2D eigenvalue weighted by atomic mass is 15.0. The van der Waals surface area contributed by atoms with Gasteiger partial charge in [-0.1, -0.05) is 30.3 Å². The Bertz CT molecular complexity index is 752. The van der Waals surface area contributed by atoms with Gasteiger partial charge in [0.25, 0.3) is 0 Å². The van der Waals surface area contributed by atoms with Crippen molar-refractivity contribution in [3.8, 4) is 28.7 Å². The number of nitriles is 1. The number of nitrogens with zero attached hydrogens (tertiary/aromatic N) is 4. The van der Waals surface area contributed by atoms with E-state index in [4.69, 9.17) is 5.26 Å². The number of benzene rings is 1. The average molecular weight is 301 g/mol. The van der Waals surface area contributed by atoms with Crippen LogP contribution in [0.1, 0.15) is 6.42 Å². The number of hydrogen-bond donors (Lipinski definition) is 1. The van der Waals surface area contributed by atoms with Crippen LogP contribution in [0.2, 0.25) is 0 Å². The minimum atomic E-state index is 0.426. The van der Waals surface area contributed by atoms with Gasteiger partial charge in [-0.25, -0.2) is 9.97 Å². The van der Waals surface area contributed by atoms with E-state index in [0.717, 1.165) is 16.8 Å². The van der Waals surface area contributed by atoms with Crippen molar-refractivity contribution in [2.45, 2.75) is 6.42 Å². The molecule has 0 aliphatic rings. The molecule has 0 fully saturated rings. The highest BCUT2D eigenvalue weighted by molar-refractivity contribution is 5.67. The van der Waals surface area contributed by atoms with Crippen LogP contribution in [-0.2, 0) is 0 Å². The molecular weight excluding hydrogens is 286 g/mol. The van der Waals surface area contributed by atoms with Crippen molar-refractivity contribution < 1.29 is 0 Å². The largest absolute Gasteiger partial charge is 0.369 e.